The topological polar surface area (TPSA) is 84.0 Å². The van der Waals surface area contributed by atoms with Crippen LogP contribution in [0.3, 0.4) is 0 Å². The molecular weight excluding hydrogens is 440 g/mol. The van der Waals surface area contributed by atoms with E-state index in [-0.39, 0.29) is 11.8 Å². The highest BCUT2D eigenvalue weighted by molar-refractivity contribution is 7.07. The molecule has 2 heterocycles. The minimum absolute atomic E-state index is 0.0568. The van der Waals surface area contributed by atoms with E-state index >= 15 is 0 Å². The Morgan fingerprint density at radius 1 is 1.09 bits per heavy atom. The standard InChI is InChI=1S/C24H26N4O4S/c1-27-8-10-28(11-9-27)24(30)18-6-7-22(31-2)21(13-18)26-23(29)17-4-3-5-20(12-17)32-14-19-15-33-16-25-19/h3-7,12-13,15-16H,8-11,14H2,1-2H3,(H,26,29). The second-order valence-corrected chi connectivity index (χ2v) is 8.48. The molecule has 172 valence electrons. The summed E-state index contributed by atoms with van der Waals surface area (Å²) in [6.07, 6.45) is 0. The van der Waals surface area contributed by atoms with Gasteiger partial charge in [0, 0.05) is 42.7 Å². The number of carbonyl (C=O) groups is 2. The summed E-state index contributed by atoms with van der Waals surface area (Å²) in [5, 5.41) is 4.79. The summed E-state index contributed by atoms with van der Waals surface area (Å²) in [5.41, 5.74) is 3.97. The van der Waals surface area contributed by atoms with Crippen molar-refractivity contribution in [3.63, 3.8) is 0 Å². The number of amides is 2. The summed E-state index contributed by atoms with van der Waals surface area (Å²) >= 11 is 1.50. The van der Waals surface area contributed by atoms with E-state index in [1.54, 1.807) is 48.0 Å². The normalized spacial score (nSPS) is 14.1. The fourth-order valence-corrected chi connectivity index (χ4v) is 4.06. The first-order valence-corrected chi connectivity index (χ1v) is 11.5. The molecule has 0 atom stereocenters. The van der Waals surface area contributed by atoms with Gasteiger partial charge in [-0.15, -0.1) is 11.3 Å². The molecule has 0 saturated carbocycles. The maximum absolute atomic E-state index is 13.0. The van der Waals surface area contributed by atoms with Gasteiger partial charge in [0.05, 0.1) is 24.0 Å². The predicted octanol–water partition coefficient (Wildman–Crippen LogP) is 3.37. The van der Waals surface area contributed by atoms with Crippen molar-refractivity contribution in [3.05, 3.63) is 70.2 Å². The highest BCUT2D eigenvalue weighted by Gasteiger charge is 2.22. The molecule has 9 heteroatoms. The number of carbonyl (C=O) groups excluding carboxylic acids is 2. The van der Waals surface area contributed by atoms with Gasteiger partial charge in [0.2, 0.25) is 0 Å². The van der Waals surface area contributed by atoms with Crippen molar-refractivity contribution >= 4 is 28.8 Å². The fraction of sp³-hybridized carbons (Fsp3) is 0.292. The zero-order chi connectivity index (χ0) is 23.2. The Balaban J connectivity index is 1.47. The van der Waals surface area contributed by atoms with Crippen molar-refractivity contribution in [1.29, 1.82) is 0 Å². The van der Waals surface area contributed by atoms with Crippen molar-refractivity contribution in [3.8, 4) is 11.5 Å². The lowest BCUT2D eigenvalue weighted by molar-refractivity contribution is 0.0664. The molecular formula is C24H26N4O4S. The van der Waals surface area contributed by atoms with E-state index in [0.29, 0.717) is 48.0 Å². The number of aromatic nitrogens is 1. The average molecular weight is 467 g/mol. The molecule has 1 fully saturated rings. The van der Waals surface area contributed by atoms with Gasteiger partial charge < -0.3 is 24.6 Å². The van der Waals surface area contributed by atoms with Gasteiger partial charge in [0.15, 0.2) is 0 Å². The molecule has 0 unspecified atom stereocenters. The van der Waals surface area contributed by atoms with Gasteiger partial charge in [0.25, 0.3) is 11.8 Å². The Bertz CT molecular complexity index is 1110. The number of nitrogens with one attached hydrogen (secondary N) is 1. The number of benzene rings is 2. The van der Waals surface area contributed by atoms with Crippen LogP contribution in [-0.2, 0) is 6.61 Å². The van der Waals surface area contributed by atoms with Crippen LogP contribution in [0.25, 0.3) is 0 Å². The number of thiazole rings is 1. The number of likely N-dealkylation sites (N-methyl/N-ethyl adjacent to an activating group) is 1. The van der Waals surface area contributed by atoms with Gasteiger partial charge in [-0.05, 0) is 43.4 Å². The Hall–Kier alpha value is -3.43. The molecule has 2 aromatic carbocycles. The van der Waals surface area contributed by atoms with Gasteiger partial charge in [-0.3, -0.25) is 9.59 Å². The first-order chi connectivity index (χ1) is 16.0. The lowest BCUT2D eigenvalue weighted by atomic mass is 10.1. The minimum atomic E-state index is -0.323. The quantitative estimate of drug-likeness (QED) is 0.575. The third-order valence-corrected chi connectivity index (χ3v) is 6.09. The number of ether oxygens (including phenoxy) is 2. The largest absolute Gasteiger partial charge is 0.495 e. The predicted molar refractivity (Wildman–Crippen MR) is 127 cm³/mol. The molecule has 1 aliphatic heterocycles. The van der Waals surface area contributed by atoms with Crippen molar-refractivity contribution in [2.24, 2.45) is 0 Å². The van der Waals surface area contributed by atoms with Crippen molar-refractivity contribution in [2.75, 3.05) is 45.7 Å². The average Bonchev–Trinajstić information content (AvgIpc) is 3.37. The summed E-state index contributed by atoms with van der Waals surface area (Å²) in [6.45, 7) is 3.37. The van der Waals surface area contributed by atoms with E-state index in [1.807, 2.05) is 17.3 Å². The maximum Gasteiger partial charge on any atom is 0.255 e. The number of hydrogen-bond acceptors (Lipinski definition) is 7. The molecule has 1 aliphatic rings. The van der Waals surface area contributed by atoms with E-state index < -0.39 is 0 Å². The Kier molecular flexibility index (Phi) is 7.21. The summed E-state index contributed by atoms with van der Waals surface area (Å²) in [6, 6.07) is 12.0. The Labute approximate surface area is 196 Å². The third-order valence-electron chi connectivity index (χ3n) is 5.45. The second-order valence-electron chi connectivity index (χ2n) is 7.76. The van der Waals surface area contributed by atoms with Crippen molar-refractivity contribution in [2.45, 2.75) is 6.61 Å². The Morgan fingerprint density at radius 2 is 1.91 bits per heavy atom. The van der Waals surface area contributed by atoms with Gasteiger partial charge in [0.1, 0.15) is 18.1 Å². The van der Waals surface area contributed by atoms with E-state index in [1.165, 1.54) is 18.4 Å². The van der Waals surface area contributed by atoms with E-state index in [4.69, 9.17) is 9.47 Å². The van der Waals surface area contributed by atoms with Crippen LogP contribution in [0.1, 0.15) is 26.4 Å². The number of methoxy groups -OCH3 is 1. The number of rotatable bonds is 7. The van der Waals surface area contributed by atoms with E-state index in [0.717, 1.165) is 18.8 Å². The number of anilines is 1. The Morgan fingerprint density at radius 3 is 2.64 bits per heavy atom. The monoisotopic (exact) mass is 466 g/mol. The molecule has 1 N–H and O–H groups in total. The van der Waals surface area contributed by atoms with Crippen LogP contribution in [-0.4, -0.2) is 66.9 Å². The molecule has 0 spiro atoms. The first kappa shape index (κ1) is 22.8. The number of piperazine rings is 1. The van der Waals surface area contributed by atoms with Crippen LogP contribution in [0.4, 0.5) is 5.69 Å². The summed E-state index contributed by atoms with van der Waals surface area (Å²) < 4.78 is 11.2. The van der Waals surface area contributed by atoms with E-state index in [9.17, 15) is 9.59 Å². The summed E-state index contributed by atoms with van der Waals surface area (Å²) in [5.74, 6) is 0.672. The number of nitrogens with zero attached hydrogens (tertiary/aromatic N) is 3. The highest BCUT2D eigenvalue weighted by atomic mass is 32.1. The van der Waals surface area contributed by atoms with Crippen LogP contribution in [0.15, 0.2) is 53.4 Å². The maximum atomic E-state index is 13.0. The molecule has 0 bridgehead atoms. The van der Waals surface area contributed by atoms with Crippen molar-refractivity contribution in [1.82, 2.24) is 14.8 Å². The van der Waals surface area contributed by atoms with Gasteiger partial charge in [-0.25, -0.2) is 4.98 Å². The molecule has 4 rings (SSSR count). The molecule has 8 nitrogen and oxygen atoms in total. The van der Waals surface area contributed by atoms with Gasteiger partial charge in [-0.2, -0.15) is 0 Å². The van der Waals surface area contributed by atoms with Crippen LogP contribution in [0, 0.1) is 0 Å². The molecule has 1 aromatic heterocycles. The second kappa shape index (κ2) is 10.5. The molecule has 2 amide bonds. The van der Waals surface area contributed by atoms with Crippen LogP contribution < -0.4 is 14.8 Å². The lowest BCUT2D eigenvalue weighted by Gasteiger charge is -2.32. The van der Waals surface area contributed by atoms with E-state index in [2.05, 4.69) is 15.2 Å². The SMILES string of the molecule is COc1ccc(C(=O)N2CCN(C)CC2)cc1NC(=O)c1cccc(OCc2cscn2)c1. The first-order valence-electron chi connectivity index (χ1n) is 10.6. The minimum Gasteiger partial charge on any atom is -0.495 e. The fourth-order valence-electron chi connectivity index (χ4n) is 3.52. The third kappa shape index (κ3) is 5.68. The molecule has 33 heavy (non-hydrogen) atoms. The van der Waals surface area contributed by atoms with Crippen LogP contribution in [0.2, 0.25) is 0 Å². The molecule has 3 aromatic rings. The molecule has 0 radical (unpaired) electrons. The summed E-state index contributed by atoms with van der Waals surface area (Å²) in [7, 11) is 3.57. The summed E-state index contributed by atoms with van der Waals surface area (Å²) in [4.78, 5) is 34.1. The van der Waals surface area contributed by atoms with Crippen LogP contribution in [0.5, 0.6) is 11.5 Å². The van der Waals surface area contributed by atoms with Crippen molar-refractivity contribution < 1.29 is 19.1 Å². The van der Waals surface area contributed by atoms with Gasteiger partial charge >= 0.3 is 0 Å². The smallest absolute Gasteiger partial charge is 0.255 e. The zero-order valence-corrected chi connectivity index (χ0v) is 19.4. The molecule has 1 saturated heterocycles. The lowest BCUT2D eigenvalue weighted by Crippen LogP contribution is -2.47. The zero-order valence-electron chi connectivity index (χ0n) is 18.6. The van der Waals surface area contributed by atoms with Crippen LogP contribution >= 0.6 is 11.3 Å². The van der Waals surface area contributed by atoms with Gasteiger partial charge in [-0.1, -0.05) is 6.07 Å². The highest BCUT2D eigenvalue weighted by Crippen LogP contribution is 2.27. The molecule has 0 aliphatic carbocycles. The number of hydrogen-bond donors (Lipinski definition) is 1.